The molecule has 1 N–H and O–H groups in total. The third kappa shape index (κ3) is 4.34. The van der Waals surface area contributed by atoms with Gasteiger partial charge in [0.15, 0.2) is 0 Å². The normalized spacial score (nSPS) is 18.9. The molecule has 1 aromatic rings. The summed E-state index contributed by atoms with van der Waals surface area (Å²) in [5.41, 5.74) is 1.11. The molecule has 5 heteroatoms. The van der Waals surface area contributed by atoms with Crippen LogP contribution < -0.4 is 5.32 Å². The number of hydrogen-bond acceptors (Lipinski definition) is 4. The van der Waals surface area contributed by atoms with Gasteiger partial charge < -0.3 is 9.84 Å². The Balaban J connectivity index is 1.96. The topological polar surface area (TPSA) is 58.4 Å². The number of aromatic nitrogens is 1. The SMILES string of the molecule is Cc1onc(C(C)(C)C)c1C(=O)NCC(C)N1CCC(C)CC1. The number of nitrogens with zero attached hydrogens (tertiary/aromatic N) is 2. The summed E-state index contributed by atoms with van der Waals surface area (Å²) in [6.45, 7) is 15.3. The van der Waals surface area contributed by atoms with Crippen LogP contribution in [0.3, 0.4) is 0 Å². The summed E-state index contributed by atoms with van der Waals surface area (Å²) < 4.78 is 5.26. The van der Waals surface area contributed by atoms with Gasteiger partial charge in [0, 0.05) is 18.0 Å². The molecule has 23 heavy (non-hydrogen) atoms. The molecule has 1 atom stereocenters. The second kappa shape index (κ2) is 7.04. The molecule has 1 fully saturated rings. The van der Waals surface area contributed by atoms with Gasteiger partial charge in [0.05, 0.1) is 0 Å². The molecule has 0 saturated carbocycles. The highest BCUT2D eigenvalue weighted by Gasteiger charge is 2.29. The monoisotopic (exact) mass is 321 g/mol. The van der Waals surface area contributed by atoms with Gasteiger partial charge in [-0.05, 0) is 45.7 Å². The highest BCUT2D eigenvalue weighted by Crippen LogP contribution is 2.26. The minimum Gasteiger partial charge on any atom is -0.361 e. The lowest BCUT2D eigenvalue weighted by atomic mass is 9.88. The van der Waals surface area contributed by atoms with Gasteiger partial charge in [-0.3, -0.25) is 9.69 Å². The molecular weight excluding hydrogens is 290 g/mol. The molecule has 130 valence electrons. The van der Waals surface area contributed by atoms with E-state index in [2.05, 4.69) is 29.2 Å². The Morgan fingerprint density at radius 3 is 2.57 bits per heavy atom. The molecule has 1 saturated heterocycles. The summed E-state index contributed by atoms with van der Waals surface area (Å²) >= 11 is 0. The van der Waals surface area contributed by atoms with Crippen LogP contribution in [0.4, 0.5) is 0 Å². The molecule has 0 aliphatic carbocycles. The maximum absolute atomic E-state index is 12.6. The van der Waals surface area contributed by atoms with E-state index in [1.165, 1.54) is 12.8 Å². The van der Waals surface area contributed by atoms with Crippen LogP contribution in [0.25, 0.3) is 0 Å². The van der Waals surface area contributed by atoms with Crippen molar-refractivity contribution >= 4 is 5.91 Å². The van der Waals surface area contributed by atoms with Gasteiger partial charge in [0.1, 0.15) is 17.0 Å². The Hall–Kier alpha value is -1.36. The van der Waals surface area contributed by atoms with E-state index in [1.807, 2.05) is 20.8 Å². The minimum atomic E-state index is -0.209. The van der Waals surface area contributed by atoms with Crippen molar-refractivity contribution < 1.29 is 9.32 Å². The van der Waals surface area contributed by atoms with Crippen molar-refractivity contribution in [2.75, 3.05) is 19.6 Å². The molecule has 1 aliphatic heterocycles. The fraction of sp³-hybridized carbons (Fsp3) is 0.778. The smallest absolute Gasteiger partial charge is 0.256 e. The van der Waals surface area contributed by atoms with Gasteiger partial charge in [0.2, 0.25) is 0 Å². The van der Waals surface area contributed by atoms with Crippen molar-refractivity contribution in [3.05, 3.63) is 17.0 Å². The van der Waals surface area contributed by atoms with Crippen LogP contribution in [-0.4, -0.2) is 41.6 Å². The van der Waals surface area contributed by atoms with Gasteiger partial charge in [-0.25, -0.2) is 0 Å². The largest absolute Gasteiger partial charge is 0.361 e. The van der Waals surface area contributed by atoms with Crippen LogP contribution in [-0.2, 0) is 5.41 Å². The zero-order valence-electron chi connectivity index (χ0n) is 15.4. The number of carbonyl (C=O) groups is 1. The predicted molar refractivity (Wildman–Crippen MR) is 91.7 cm³/mol. The van der Waals surface area contributed by atoms with E-state index in [1.54, 1.807) is 6.92 Å². The number of carbonyl (C=O) groups excluding carboxylic acids is 1. The predicted octanol–water partition coefficient (Wildman–Crippen LogP) is 3.13. The van der Waals surface area contributed by atoms with Crippen LogP contribution in [0.15, 0.2) is 4.52 Å². The van der Waals surface area contributed by atoms with E-state index >= 15 is 0 Å². The molecule has 1 unspecified atom stereocenters. The molecule has 2 rings (SSSR count). The number of hydrogen-bond donors (Lipinski definition) is 1. The van der Waals surface area contributed by atoms with Crippen LogP contribution in [0.2, 0.25) is 0 Å². The first-order valence-corrected chi connectivity index (χ1v) is 8.69. The summed E-state index contributed by atoms with van der Waals surface area (Å²) in [5.74, 6) is 1.33. The molecule has 1 aromatic heterocycles. The molecule has 2 heterocycles. The standard InChI is InChI=1S/C18H31N3O2/c1-12-7-9-21(10-8-12)13(2)11-19-17(22)15-14(3)23-20-16(15)18(4,5)6/h12-13H,7-11H2,1-6H3,(H,19,22). The fourth-order valence-corrected chi connectivity index (χ4v) is 3.08. The minimum absolute atomic E-state index is 0.0779. The van der Waals surface area contributed by atoms with Gasteiger partial charge in [-0.2, -0.15) is 0 Å². The van der Waals surface area contributed by atoms with Gasteiger partial charge >= 0.3 is 0 Å². The second-order valence-electron chi connectivity index (χ2n) is 7.99. The van der Waals surface area contributed by atoms with E-state index in [4.69, 9.17) is 4.52 Å². The fourth-order valence-electron chi connectivity index (χ4n) is 3.08. The van der Waals surface area contributed by atoms with Crippen molar-refractivity contribution in [3.8, 4) is 0 Å². The lowest BCUT2D eigenvalue weighted by molar-refractivity contribution is 0.0918. The lowest BCUT2D eigenvalue weighted by Crippen LogP contribution is -2.45. The average Bonchev–Trinajstić information content (AvgIpc) is 2.87. The van der Waals surface area contributed by atoms with Crippen LogP contribution >= 0.6 is 0 Å². The summed E-state index contributed by atoms with van der Waals surface area (Å²) in [6, 6.07) is 0.352. The molecular formula is C18H31N3O2. The van der Waals surface area contributed by atoms with Gasteiger partial charge in [-0.15, -0.1) is 0 Å². The van der Waals surface area contributed by atoms with E-state index < -0.39 is 0 Å². The zero-order valence-corrected chi connectivity index (χ0v) is 15.4. The summed E-state index contributed by atoms with van der Waals surface area (Å²) in [4.78, 5) is 15.1. The number of likely N-dealkylation sites (tertiary alicyclic amines) is 1. The summed E-state index contributed by atoms with van der Waals surface area (Å²) in [6.07, 6.45) is 2.49. The van der Waals surface area contributed by atoms with Crippen LogP contribution in [0, 0.1) is 12.8 Å². The van der Waals surface area contributed by atoms with E-state index in [9.17, 15) is 4.79 Å². The van der Waals surface area contributed by atoms with E-state index in [-0.39, 0.29) is 11.3 Å². The summed E-state index contributed by atoms with van der Waals surface area (Å²) in [5, 5.41) is 7.15. The summed E-state index contributed by atoms with van der Waals surface area (Å²) in [7, 11) is 0. The first-order valence-electron chi connectivity index (χ1n) is 8.69. The average molecular weight is 321 g/mol. The first kappa shape index (κ1) is 18.0. The van der Waals surface area contributed by atoms with Crippen LogP contribution in [0.5, 0.6) is 0 Å². The van der Waals surface area contributed by atoms with Crippen molar-refractivity contribution in [1.29, 1.82) is 0 Å². The number of nitrogens with one attached hydrogen (secondary N) is 1. The Labute approximate surface area is 139 Å². The molecule has 1 amide bonds. The maximum atomic E-state index is 12.6. The lowest BCUT2D eigenvalue weighted by Gasteiger charge is -2.35. The number of rotatable bonds is 4. The van der Waals surface area contributed by atoms with Gasteiger partial charge in [0.25, 0.3) is 5.91 Å². The van der Waals surface area contributed by atoms with Crippen molar-refractivity contribution in [3.63, 3.8) is 0 Å². The van der Waals surface area contributed by atoms with Gasteiger partial charge in [-0.1, -0.05) is 32.9 Å². The molecule has 0 bridgehead atoms. The molecule has 0 aromatic carbocycles. The Bertz CT molecular complexity index is 537. The second-order valence-corrected chi connectivity index (χ2v) is 7.99. The molecule has 5 nitrogen and oxygen atoms in total. The van der Waals surface area contributed by atoms with E-state index in [0.29, 0.717) is 23.9 Å². The molecule has 0 radical (unpaired) electrons. The molecule has 0 spiro atoms. The van der Waals surface area contributed by atoms with Crippen molar-refractivity contribution in [2.24, 2.45) is 5.92 Å². The third-order valence-electron chi connectivity index (χ3n) is 4.80. The Morgan fingerprint density at radius 2 is 2.00 bits per heavy atom. The maximum Gasteiger partial charge on any atom is 0.256 e. The Morgan fingerprint density at radius 1 is 1.39 bits per heavy atom. The quantitative estimate of drug-likeness (QED) is 0.925. The van der Waals surface area contributed by atoms with Crippen molar-refractivity contribution in [1.82, 2.24) is 15.4 Å². The number of aryl methyl sites for hydroxylation is 1. The third-order valence-corrected chi connectivity index (χ3v) is 4.80. The van der Waals surface area contributed by atoms with E-state index in [0.717, 1.165) is 24.7 Å². The first-order chi connectivity index (χ1) is 10.7. The number of amides is 1. The highest BCUT2D eigenvalue weighted by atomic mass is 16.5. The molecule has 1 aliphatic rings. The Kier molecular flexibility index (Phi) is 5.50. The zero-order chi connectivity index (χ0) is 17.2. The van der Waals surface area contributed by atoms with Crippen LogP contribution in [0.1, 0.15) is 69.3 Å². The highest BCUT2D eigenvalue weighted by molar-refractivity contribution is 5.96. The number of piperidine rings is 1. The van der Waals surface area contributed by atoms with Crippen molar-refractivity contribution in [2.45, 2.75) is 65.8 Å².